The van der Waals surface area contributed by atoms with Gasteiger partial charge in [-0.1, -0.05) is 0 Å². The van der Waals surface area contributed by atoms with E-state index in [1.54, 1.807) is 16.1 Å². The predicted molar refractivity (Wildman–Crippen MR) is 57.3 cm³/mol. The van der Waals surface area contributed by atoms with E-state index in [0.29, 0.717) is 5.92 Å². The van der Waals surface area contributed by atoms with Gasteiger partial charge in [0.05, 0.1) is 0 Å². The van der Waals surface area contributed by atoms with Crippen molar-refractivity contribution in [2.24, 2.45) is 0 Å². The number of hydrogen-bond donors (Lipinski definition) is 1. The molecule has 1 atom stereocenters. The Morgan fingerprint density at radius 3 is 3.27 bits per heavy atom. The lowest BCUT2D eigenvalue weighted by Gasteiger charge is -1.98. The number of aromatic nitrogens is 4. The van der Waals surface area contributed by atoms with E-state index in [4.69, 9.17) is 0 Å². The fourth-order valence-corrected chi connectivity index (χ4v) is 2.37. The maximum Gasteiger partial charge on any atom is 0.179 e. The second kappa shape index (κ2) is 3.71. The quantitative estimate of drug-likeness (QED) is 0.815. The molecule has 2 aromatic heterocycles. The first kappa shape index (κ1) is 8.99. The molecule has 0 saturated carbocycles. The highest BCUT2D eigenvalue weighted by Crippen LogP contribution is 2.19. The molecule has 6 heteroatoms. The maximum absolute atomic E-state index is 4.40. The summed E-state index contributed by atoms with van der Waals surface area (Å²) in [5.74, 6) is 1.28. The third-order valence-corrected chi connectivity index (χ3v) is 3.39. The highest BCUT2D eigenvalue weighted by Gasteiger charge is 2.21. The molecular weight excluding hydrogens is 210 g/mol. The van der Waals surface area contributed by atoms with Crippen molar-refractivity contribution in [2.45, 2.75) is 12.3 Å². The van der Waals surface area contributed by atoms with Crippen LogP contribution < -0.4 is 5.32 Å². The summed E-state index contributed by atoms with van der Waals surface area (Å²) < 4.78 is 0. The Hall–Kier alpha value is -1.27. The number of nitrogens with one attached hydrogen (secondary N) is 1. The summed E-state index contributed by atoms with van der Waals surface area (Å²) in [5, 5.41) is 18.9. The molecule has 78 valence electrons. The summed E-state index contributed by atoms with van der Waals surface area (Å²) in [5.41, 5.74) is 0. The molecule has 1 saturated heterocycles. The molecule has 0 aromatic carbocycles. The minimum absolute atomic E-state index is 0.429. The molecule has 1 aliphatic rings. The van der Waals surface area contributed by atoms with Crippen LogP contribution in [0.25, 0.3) is 5.00 Å². The van der Waals surface area contributed by atoms with Crippen LogP contribution in [0.2, 0.25) is 0 Å². The predicted octanol–water partition coefficient (Wildman–Crippen LogP) is 0.801. The highest BCUT2D eigenvalue weighted by molar-refractivity contribution is 7.12. The molecule has 1 N–H and O–H groups in total. The van der Waals surface area contributed by atoms with Crippen molar-refractivity contribution in [1.82, 2.24) is 25.5 Å². The van der Waals surface area contributed by atoms with Gasteiger partial charge in [-0.3, -0.25) is 0 Å². The van der Waals surface area contributed by atoms with Crippen molar-refractivity contribution in [2.75, 3.05) is 13.1 Å². The van der Waals surface area contributed by atoms with Gasteiger partial charge >= 0.3 is 0 Å². The van der Waals surface area contributed by atoms with Gasteiger partial charge in [-0.05, 0) is 35.7 Å². The van der Waals surface area contributed by atoms with E-state index in [1.807, 2.05) is 17.5 Å². The number of hydrogen-bond acceptors (Lipinski definition) is 5. The lowest BCUT2D eigenvalue weighted by atomic mass is 10.1. The molecule has 15 heavy (non-hydrogen) atoms. The molecule has 0 amide bonds. The van der Waals surface area contributed by atoms with Gasteiger partial charge in [0.25, 0.3) is 0 Å². The van der Waals surface area contributed by atoms with Crippen LogP contribution in [0.4, 0.5) is 0 Å². The SMILES string of the molecule is c1csc(-n2nnc(C3CCNC3)n2)c1. The van der Waals surface area contributed by atoms with Crippen molar-refractivity contribution in [3.63, 3.8) is 0 Å². The summed E-state index contributed by atoms with van der Waals surface area (Å²) in [7, 11) is 0. The molecular formula is C9H11N5S. The van der Waals surface area contributed by atoms with Crippen molar-refractivity contribution in [3.05, 3.63) is 23.3 Å². The zero-order valence-corrected chi connectivity index (χ0v) is 8.94. The monoisotopic (exact) mass is 221 g/mol. The number of thiophene rings is 1. The van der Waals surface area contributed by atoms with Crippen molar-refractivity contribution in [1.29, 1.82) is 0 Å². The van der Waals surface area contributed by atoms with E-state index >= 15 is 0 Å². The Morgan fingerprint density at radius 2 is 2.53 bits per heavy atom. The number of nitrogens with zero attached hydrogens (tertiary/aromatic N) is 4. The fraction of sp³-hybridized carbons (Fsp3) is 0.444. The molecule has 0 aliphatic carbocycles. The largest absolute Gasteiger partial charge is 0.316 e. The summed E-state index contributed by atoms with van der Waals surface area (Å²) in [6, 6.07) is 3.98. The second-order valence-electron chi connectivity index (χ2n) is 3.58. The number of tetrazole rings is 1. The molecule has 1 aliphatic heterocycles. The van der Waals surface area contributed by atoms with E-state index in [-0.39, 0.29) is 0 Å². The normalized spacial score (nSPS) is 20.9. The lowest BCUT2D eigenvalue weighted by molar-refractivity contribution is 0.692. The Balaban J connectivity index is 1.87. The van der Waals surface area contributed by atoms with E-state index in [0.717, 1.165) is 30.3 Å². The van der Waals surface area contributed by atoms with Crippen molar-refractivity contribution in [3.8, 4) is 5.00 Å². The van der Waals surface area contributed by atoms with E-state index in [1.165, 1.54) is 0 Å². The van der Waals surface area contributed by atoms with Crippen LogP contribution in [0.5, 0.6) is 0 Å². The summed E-state index contributed by atoms with van der Waals surface area (Å²) >= 11 is 1.61. The Morgan fingerprint density at radius 1 is 1.53 bits per heavy atom. The average Bonchev–Trinajstić information content (AvgIpc) is 3.02. The standard InChI is InChI=1S/C9H11N5S/c1-2-8(15-5-1)14-12-9(11-13-14)7-3-4-10-6-7/h1-2,5,7,10H,3-4,6H2. The van der Waals surface area contributed by atoms with Gasteiger partial charge in [0.1, 0.15) is 5.00 Å². The van der Waals surface area contributed by atoms with Crippen LogP contribution in [0.3, 0.4) is 0 Å². The third-order valence-electron chi connectivity index (χ3n) is 2.56. The van der Waals surface area contributed by atoms with Gasteiger partial charge in [0.15, 0.2) is 5.82 Å². The molecule has 0 spiro atoms. The second-order valence-corrected chi connectivity index (χ2v) is 4.50. The van der Waals surface area contributed by atoms with Gasteiger partial charge in [0.2, 0.25) is 0 Å². The van der Waals surface area contributed by atoms with Crippen LogP contribution in [-0.2, 0) is 0 Å². The average molecular weight is 221 g/mol. The zero-order valence-electron chi connectivity index (χ0n) is 8.13. The molecule has 0 radical (unpaired) electrons. The summed E-state index contributed by atoms with van der Waals surface area (Å²) in [6.45, 7) is 2.02. The molecule has 3 heterocycles. The van der Waals surface area contributed by atoms with Crippen molar-refractivity contribution >= 4 is 11.3 Å². The first-order valence-electron chi connectivity index (χ1n) is 4.98. The fourth-order valence-electron chi connectivity index (χ4n) is 1.74. The topological polar surface area (TPSA) is 55.6 Å². The minimum atomic E-state index is 0.429. The minimum Gasteiger partial charge on any atom is -0.316 e. The van der Waals surface area contributed by atoms with Crippen LogP contribution >= 0.6 is 11.3 Å². The zero-order chi connectivity index (χ0) is 10.1. The van der Waals surface area contributed by atoms with Gasteiger partial charge in [0, 0.05) is 12.5 Å². The first-order chi connectivity index (χ1) is 7.43. The summed E-state index contributed by atoms with van der Waals surface area (Å²) in [6.07, 6.45) is 1.11. The molecule has 3 rings (SSSR count). The molecule has 2 aromatic rings. The maximum atomic E-state index is 4.40. The van der Waals surface area contributed by atoms with E-state index in [2.05, 4.69) is 20.7 Å². The lowest BCUT2D eigenvalue weighted by Crippen LogP contribution is -2.09. The van der Waals surface area contributed by atoms with Gasteiger partial charge in [-0.15, -0.1) is 26.3 Å². The van der Waals surface area contributed by atoms with E-state index < -0.39 is 0 Å². The van der Waals surface area contributed by atoms with Gasteiger partial charge in [-0.25, -0.2) is 0 Å². The van der Waals surface area contributed by atoms with Crippen LogP contribution in [-0.4, -0.2) is 33.3 Å². The molecule has 0 bridgehead atoms. The highest BCUT2D eigenvalue weighted by atomic mass is 32.1. The van der Waals surface area contributed by atoms with Crippen LogP contribution in [0.15, 0.2) is 17.5 Å². The van der Waals surface area contributed by atoms with Crippen LogP contribution in [0, 0.1) is 0 Å². The Bertz CT molecular complexity index is 429. The van der Waals surface area contributed by atoms with Gasteiger partial charge in [-0.2, -0.15) is 0 Å². The van der Waals surface area contributed by atoms with Gasteiger partial charge < -0.3 is 5.32 Å². The third kappa shape index (κ3) is 1.66. The number of rotatable bonds is 2. The van der Waals surface area contributed by atoms with Crippen LogP contribution in [0.1, 0.15) is 18.2 Å². The molecule has 5 nitrogen and oxygen atoms in total. The smallest absolute Gasteiger partial charge is 0.179 e. The first-order valence-corrected chi connectivity index (χ1v) is 5.86. The molecule has 1 fully saturated rings. The van der Waals surface area contributed by atoms with Crippen molar-refractivity contribution < 1.29 is 0 Å². The summed E-state index contributed by atoms with van der Waals surface area (Å²) in [4.78, 5) is 1.61. The Kier molecular flexibility index (Phi) is 2.22. The molecule has 1 unspecified atom stereocenters. The van der Waals surface area contributed by atoms with E-state index in [9.17, 15) is 0 Å². The Labute approximate surface area is 91.1 Å².